The molecule has 0 bridgehead atoms. The van der Waals surface area contributed by atoms with Crippen molar-refractivity contribution in [3.8, 4) is 5.40 Å². The number of aromatic nitrogens is 1. The van der Waals surface area contributed by atoms with E-state index in [1.54, 1.807) is 36.4 Å². The number of benzene rings is 1. The van der Waals surface area contributed by atoms with Gasteiger partial charge < -0.3 is 5.32 Å². The molecule has 0 aliphatic rings. The molecule has 0 saturated carbocycles. The molecule has 0 unspecified atom stereocenters. The maximum Gasteiger partial charge on any atom is 0.274 e. The second-order valence-electron chi connectivity index (χ2n) is 3.84. The Labute approximate surface area is 115 Å². The van der Waals surface area contributed by atoms with Gasteiger partial charge in [-0.2, -0.15) is 5.26 Å². The molecule has 19 heavy (non-hydrogen) atoms. The minimum Gasteiger partial charge on any atom is -0.321 e. The van der Waals surface area contributed by atoms with Crippen LogP contribution in [0.2, 0.25) is 0 Å². The van der Waals surface area contributed by atoms with Gasteiger partial charge in [-0.1, -0.05) is 6.07 Å². The first kappa shape index (κ1) is 13.1. The topological polar surface area (TPSA) is 65.8 Å². The van der Waals surface area contributed by atoms with Crippen molar-refractivity contribution < 1.29 is 4.79 Å². The Morgan fingerprint density at radius 1 is 1.26 bits per heavy atom. The van der Waals surface area contributed by atoms with Crippen molar-refractivity contribution in [1.29, 1.82) is 5.26 Å². The molecule has 0 fully saturated rings. The number of anilines is 1. The van der Waals surface area contributed by atoms with Crippen LogP contribution in [-0.4, -0.2) is 10.9 Å². The van der Waals surface area contributed by atoms with Crippen LogP contribution in [0.15, 0.2) is 47.4 Å². The van der Waals surface area contributed by atoms with Gasteiger partial charge in [0.25, 0.3) is 5.91 Å². The highest BCUT2D eigenvalue weighted by Crippen LogP contribution is 2.19. The molecule has 0 saturated heterocycles. The summed E-state index contributed by atoms with van der Waals surface area (Å²) in [6, 6.07) is 12.4. The number of aryl methyl sites for hydroxylation is 1. The van der Waals surface area contributed by atoms with E-state index in [0.29, 0.717) is 11.4 Å². The van der Waals surface area contributed by atoms with Crippen LogP contribution in [0, 0.1) is 17.6 Å². The fourth-order valence-electron chi connectivity index (χ4n) is 1.52. The summed E-state index contributed by atoms with van der Waals surface area (Å²) in [5.41, 5.74) is 1.86. The van der Waals surface area contributed by atoms with Gasteiger partial charge in [-0.05, 0) is 55.1 Å². The van der Waals surface area contributed by atoms with E-state index >= 15 is 0 Å². The predicted octanol–water partition coefficient (Wildman–Crippen LogP) is 3.22. The first-order valence-corrected chi connectivity index (χ1v) is 6.42. The normalized spacial score (nSPS) is 9.68. The van der Waals surface area contributed by atoms with Crippen molar-refractivity contribution in [2.45, 2.75) is 11.8 Å². The fraction of sp³-hybridized carbons (Fsp3) is 0.0714. The number of hydrogen-bond donors (Lipinski definition) is 1. The van der Waals surface area contributed by atoms with E-state index in [4.69, 9.17) is 5.26 Å². The highest BCUT2D eigenvalue weighted by molar-refractivity contribution is 8.03. The molecule has 94 valence electrons. The van der Waals surface area contributed by atoms with Crippen LogP contribution in [0.3, 0.4) is 0 Å². The number of carbonyl (C=O) groups excluding carboxylic acids is 1. The Morgan fingerprint density at radius 3 is 2.63 bits per heavy atom. The average molecular weight is 269 g/mol. The second-order valence-corrected chi connectivity index (χ2v) is 4.69. The molecule has 1 aromatic carbocycles. The minimum atomic E-state index is -0.246. The molecule has 0 atom stereocenters. The highest BCUT2D eigenvalue weighted by atomic mass is 32.2. The Bertz CT molecular complexity index is 632. The molecule has 1 amide bonds. The molecule has 0 radical (unpaired) electrons. The summed E-state index contributed by atoms with van der Waals surface area (Å²) < 4.78 is 0. The predicted molar refractivity (Wildman–Crippen MR) is 74.8 cm³/mol. The number of nitrogens with zero attached hydrogens (tertiary/aromatic N) is 2. The number of rotatable bonds is 3. The van der Waals surface area contributed by atoms with Crippen LogP contribution in [-0.2, 0) is 0 Å². The lowest BCUT2D eigenvalue weighted by atomic mass is 10.2. The molecule has 1 aromatic heterocycles. The van der Waals surface area contributed by atoms with Crippen molar-refractivity contribution in [2.75, 3.05) is 5.32 Å². The van der Waals surface area contributed by atoms with Crippen LogP contribution >= 0.6 is 11.8 Å². The molecule has 1 N–H and O–H groups in total. The molecule has 2 rings (SSSR count). The number of nitriles is 1. The zero-order chi connectivity index (χ0) is 13.7. The quantitative estimate of drug-likeness (QED) is 0.686. The molecule has 5 heteroatoms. The molecule has 4 nitrogen and oxygen atoms in total. The van der Waals surface area contributed by atoms with Crippen molar-refractivity contribution in [2.24, 2.45) is 0 Å². The van der Waals surface area contributed by atoms with Gasteiger partial charge in [0.2, 0.25) is 0 Å². The van der Waals surface area contributed by atoms with Crippen LogP contribution in [0.25, 0.3) is 0 Å². The SMILES string of the molecule is Cc1cccc(C(=O)Nc2ccc(SC#N)cc2)n1. The standard InChI is InChI=1S/C14H11N3OS/c1-10-3-2-4-13(16-10)14(18)17-11-5-7-12(8-6-11)19-9-15/h2-8H,1H3,(H,17,18). The van der Waals surface area contributed by atoms with Crippen molar-refractivity contribution in [3.05, 3.63) is 53.9 Å². The van der Waals surface area contributed by atoms with Gasteiger partial charge in [-0.3, -0.25) is 4.79 Å². The first-order chi connectivity index (χ1) is 9.19. The number of amides is 1. The van der Waals surface area contributed by atoms with Gasteiger partial charge in [-0.25, -0.2) is 4.98 Å². The third-order valence-electron chi connectivity index (χ3n) is 2.40. The molecule has 1 heterocycles. The number of hydrogen-bond acceptors (Lipinski definition) is 4. The van der Waals surface area contributed by atoms with Gasteiger partial charge in [0, 0.05) is 16.3 Å². The smallest absolute Gasteiger partial charge is 0.274 e. The summed E-state index contributed by atoms with van der Waals surface area (Å²) in [6.45, 7) is 1.84. The van der Waals surface area contributed by atoms with E-state index in [-0.39, 0.29) is 5.91 Å². The monoisotopic (exact) mass is 269 g/mol. The van der Waals surface area contributed by atoms with Gasteiger partial charge in [-0.15, -0.1) is 0 Å². The first-order valence-electron chi connectivity index (χ1n) is 5.60. The lowest BCUT2D eigenvalue weighted by Crippen LogP contribution is -2.13. The Hall–Kier alpha value is -2.32. The van der Waals surface area contributed by atoms with Crippen molar-refractivity contribution >= 4 is 23.4 Å². The van der Waals surface area contributed by atoms with Gasteiger partial charge >= 0.3 is 0 Å². The zero-order valence-corrected chi connectivity index (χ0v) is 11.1. The number of nitrogens with one attached hydrogen (secondary N) is 1. The average Bonchev–Trinajstić information content (AvgIpc) is 2.41. The van der Waals surface area contributed by atoms with E-state index in [1.807, 2.05) is 18.4 Å². The summed E-state index contributed by atoms with van der Waals surface area (Å²) in [5, 5.41) is 13.3. The summed E-state index contributed by atoms with van der Waals surface area (Å²) in [6.07, 6.45) is 0. The number of thioether (sulfide) groups is 1. The molecule has 2 aromatic rings. The maximum atomic E-state index is 11.9. The molecule has 0 aliphatic heterocycles. The lowest BCUT2D eigenvalue weighted by molar-refractivity contribution is 0.102. The minimum absolute atomic E-state index is 0.246. The van der Waals surface area contributed by atoms with E-state index in [1.165, 1.54) is 0 Å². The van der Waals surface area contributed by atoms with Crippen LogP contribution in [0.1, 0.15) is 16.2 Å². The zero-order valence-electron chi connectivity index (χ0n) is 10.3. The Balaban J connectivity index is 2.09. The summed E-state index contributed by atoms with van der Waals surface area (Å²) in [5.74, 6) is -0.246. The van der Waals surface area contributed by atoms with Gasteiger partial charge in [0.15, 0.2) is 0 Å². The van der Waals surface area contributed by atoms with Crippen LogP contribution in [0.4, 0.5) is 5.69 Å². The van der Waals surface area contributed by atoms with Crippen molar-refractivity contribution in [1.82, 2.24) is 4.98 Å². The summed E-state index contributed by atoms with van der Waals surface area (Å²) >= 11 is 1.08. The Morgan fingerprint density at radius 2 is 2.00 bits per heavy atom. The second kappa shape index (κ2) is 6.03. The maximum absolute atomic E-state index is 11.9. The Kier molecular flexibility index (Phi) is 4.16. The molecular weight excluding hydrogens is 258 g/mol. The third-order valence-corrected chi connectivity index (χ3v) is 3.00. The van der Waals surface area contributed by atoms with Crippen LogP contribution < -0.4 is 5.32 Å². The largest absolute Gasteiger partial charge is 0.321 e. The number of carbonyl (C=O) groups is 1. The number of pyridine rings is 1. The number of thiocyanates is 1. The van der Waals surface area contributed by atoms with E-state index in [9.17, 15) is 4.79 Å². The van der Waals surface area contributed by atoms with Crippen LogP contribution in [0.5, 0.6) is 0 Å². The summed E-state index contributed by atoms with van der Waals surface area (Å²) in [7, 11) is 0. The lowest BCUT2D eigenvalue weighted by Gasteiger charge is -2.05. The molecule has 0 aliphatic carbocycles. The van der Waals surface area contributed by atoms with E-state index < -0.39 is 0 Å². The van der Waals surface area contributed by atoms with Crippen molar-refractivity contribution in [3.63, 3.8) is 0 Å². The van der Waals surface area contributed by atoms with Gasteiger partial charge in [0.1, 0.15) is 11.1 Å². The highest BCUT2D eigenvalue weighted by Gasteiger charge is 2.07. The summed E-state index contributed by atoms with van der Waals surface area (Å²) in [4.78, 5) is 16.9. The van der Waals surface area contributed by atoms with E-state index in [0.717, 1.165) is 22.4 Å². The third kappa shape index (κ3) is 3.57. The molecule has 0 spiro atoms. The van der Waals surface area contributed by atoms with Gasteiger partial charge in [0.05, 0.1) is 0 Å². The fourth-order valence-corrected chi connectivity index (χ4v) is 1.90. The van der Waals surface area contributed by atoms with E-state index in [2.05, 4.69) is 10.3 Å². The molecular formula is C14H11N3OS.